The topological polar surface area (TPSA) is 15.3 Å². The molecule has 2 nitrogen and oxygen atoms in total. The minimum Gasteiger partial charge on any atom is -0.367 e. The zero-order valence-corrected chi connectivity index (χ0v) is 15.2. The molecule has 2 aromatic rings. The van der Waals surface area contributed by atoms with Crippen LogP contribution >= 0.6 is 23.3 Å². The van der Waals surface area contributed by atoms with Crippen LogP contribution in [0.4, 0.5) is 11.4 Å². The summed E-state index contributed by atoms with van der Waals surface area (Å²) in [5, 5.41) is 0. The SMILES string of the molecule is CCN1CC=C(c2sc(C)cc2C)c2ccc(NSC)cc21. The van der Waals surface area contributed by atoms with Gasteiger partial charge in [0.25, 0.3) is 0 Å². The molecule has 0 unspecified atom stereocenters. The van der Waals surface area contributed by atoms with Crippen molar-refractivity contribution in [2.45, 2.75) is 20.8 Å². The maximum atomic E-state index is 3.35. The summed E-state index contributed by atoms with van der Waals surface area (Å²) < 4.78 is 3.35. The molecule has 0 saturated heterocycles. The lowest BCUT2D eigenvalue weighted by Gasteiger charge is -2.30. The van der Waals surface area contributed by atoms with E-state index in [-0.39, 0.29) is 0 Å². The van der Waals surface area contributed by atoms with Gasteiger partial charge in [-0.3, -0.25) is 0 Å². The van der Waals surface area contributed by atoms with Crippen LogP contribution in [0.5, 0.6) is 0 Å². The average molecular weight is 331 g/mol. The third kappa shape index (κ3) is 2.77. The number of likely N-dealkylation sites (N-methyl/N-ethyl adjacent to an activating group) is 1. The number of thiophene rings is 1. The van der Waals surface area contributed by atoms with Crippen molar-refractivity contribution >= 4 is 40.2 Å². The van der Waals surface area contributed by atoms with Crippen LogP contribution in [-0.4, -0.2) is 19.3 Å². The monoisotopic (exact) mass is 330 g/mol. The number of anilines is 2. The second-order valence-electron chi connectivity index (χ2n) is 5.56. The van der Waals surface area contributed by atoms with Crippen molar-refractivity contribution in [2.24, 2.45) is 0 Å². The highest BCUT2D eigenvalue weighted by Crippen LogP contribution is 2.40. The molecule has 22 heavy (non-hydrogen) atoms. The van der Waals surface area contributed by atoms with E-state index in [9.17, 15) is 0 Å². The summed E-state index contributed by atoms with van der Waals surface area (Å²) in [6.07, 6.45) is 4.44. The standard InChI is InChI=1S/C18H22N2S2/c1-5-20-9-8-16(18-12(2)10-13(3)22-18)15-7-6-14(19-21-4)11-17(15)20/h6-8,10-11,19H,5,9H2,1-4H3. The van der Waals surface area contributed by atoms with Crippen LogP contribution in [0.1, 0.15) is 27.8 Å². The van der Waals surface area contributed by atoms with Gasteiger partial charge in [0.1, 0.15) is 0 Å². The first-order valence-electron chi connectivity index (χ1n) is 7.60. The molecule has 1 aliphatic heterocycles. The van der Waals surface area contributed by atoms with E-state index in [1.54, 1.807) is 11.9 Å². The summed E-state index contributed by atoms with van der Waals surface area (Å²) in [5.74, 6) is 0. The van der Waals surface area contributed by atoms with Crippen LogP contribution in [0.25, 0.3) is 5.57 Å². The van der Waals surface area contributed by atoms with Crippen molar-refractivity contribution in [3.63, 3.8) is 0 Å². The molecule has 0 radical (unpaired) electrons. The zero-order valence-electron chi connectivity index (χ0n) is 13.6. The van der Waals surface area contributed by atoms with E-state index in [1.165, 1.54) is 37.8 Å². The Morgan fingerprint density at radius 2 is 2.09 bits per heavy atom. The minimum atomic E-state index is 0.984. The molecule has 0 aliphatic carbocycles. The fourth-order valence-corrected chi connectivity index (χ4v) is 4.48. The summed E-state index contributed by atoms with van der Waals surface area (Å²) in [6, 6.07) is 9.00. The van der Waals surface area contributed by atoms with Gasteiger partial charge in [0.2, 0.25) is 0 Å². The highest BCUT2D eigenvalue weighted by Gasteiger charge is 2.21. The van der Waals surface area contributed by atoms with Gasteiger partial charge in [-0.2, -0.15) is 0 Å². The second-order valence-corrected chi connectivity index (χ2v) is 7.43. The fourth-order valence-electron chi connectivity index (χ4n) is 3.04. The molecule has 2 heterocycles. The van der Waals surface area contributed by atoms with E-state index in [4.69, 9.17) is 0 Å². The van der Waals surface area contributed by atoms with E-state index in [2.05, 4.69) is 67.0 Å². The lowest BCUT2D eigenvalue weighted by molar-refractivity contribution is 0.896. The van der Waals surface area contributed by atoms with E-state index in [0.717, 1.165) is 13.1 Å². The van der Waals surface area contributed by atoms with Gasteiger partial charge in [0, 0.05) is 46.0 Å². The predicted molar refractivity (Wildman–Crippen MR) is 102 cm³/mol. The Bertz CT molecular complexity index is 716. The number of nitrogens with zero attached hydrogens (tertiary/aromatic N) is 1. The van der Waals surface area contributed by atoms with Crippen molar-refractivity contribution in [1.82, 2.24) is 0 Å². The number of aryl methyl sites for hydroxylation is 2. The fraction of sp³-hybridized carbons (Fsp3) is 0.333. The molecular weight excluding hydrogens is 308 g/mol. The van der Waals surface area contributed by atoms with Crippen molar-refractivity contribution in [3.05, 3.63) is 51.2 Å². The van der Waals surface area contributed by atoms with Crippen LogP contribution in [0.2, 0.25) is 0 Å². The van der Waals surface area contributed by atoms with E-state index >= 15 is 0 Å². The van der Waals surface area contributed by atoms with Crippen LogP contribution in [0.3, 0.4) is 0 Å². The Morgan fingerprint density at radius 1 is 1.27 bits per heavy atom. The van der Waals surface area contributed by atoms with E-state index in [1.807, 2.05) is 11.3 Å². The van der Waals surface area contributed by atoms with Crippen LogP contribution < -0.4 is 9.62 Å². The average Bonchev–Trinajstić information content (AvgIpc) is 2.85. The Morgan fingerprint density at radius 3 is 2.73 bits per heavy atom. The predicted octanol–water partition coefficient (Wildman–Crippen LogP) is 5.33. The molecule has 0 amide bonds. The molecule has 3 rings (SSSR count). The Kier molecular flexibility index (Phi) is 4.50. The van der Waals surface area contributed by atoms with E-state index < -0.39 is 0 Å². The summed E-state index contributed by atoms with van der Waals surface area (Å²) in [6.45, 7) is 8.64. The van der Waals surface area contributed by atoms with Gasteiger partial charge in [-0.15, -0.1) is 11.3 Å². The first kappa shape index (κ1) is 15.5. The number of nitrogens with one attached hydrogen (secondary N) is 1. The molecule has 0 bridgehead atoms. The van der Waals surface area contributed by atoms with Crippen molar-refractivity contribution in [2.75, 3.05) is 29.0 Å². The number of hydrogen-bond acceptors (Lipinski definition) is 4. The van der Waals surface area contributed by atoms with Crippen molar-refractivity contribution in [3.8, 4) is 0 Å². The molecule has 4 heteroatoms. The summed E-state index contributed by atoms with van der Waals surface area (Å²) >= 11 is 3.54. The molecule has 0 saturated carbocycles. The summed E-state index contributed by atoms with van der Waals surface area (Å²) in [4.78, 5) is 5.23. The maximum absolute atomic E-state index is 3.35. The molecular formula is C18H22N2S2. The molecule has 0 spiro atoms. The smallest absolute Gasteiger partial charge is 0.0470 e. The molecule has 0 fully saturated rings. The molecule has 116 valence electrons. The molecule has 0 atom stereocenters. The molecule has 1 aromatic heterocycles. The Labute approximate surface area is 141 Å². The van der Waals surface area contributed by atoms with Crippen LogP contribution in [0, 0.1) is 13.8 Å². The third-order valence-corrected chi connectivity index (χ3v) is 5.66. The third-order valence-electron chi connectivity index (χ3n) is 4.03. The largest absolute Gasteiger partial charge is 0.367 e. The summed E-state index contributed by atoms with van der Waals surface area (Å²) in [5.41, 5.74) is 6.64. The van der Waals surface area contributed by atoms with Crippen molar-refractivity contribution in [1.29, 1.82) is 0 Å². The Balaban J connectivity index is 2.09. The zero-order chi connectivity index (χ0) is 15.7. The maximum Gasteiger partial charge on any atom is 0.0470 e. The number of rotatable bonds is 4. The van der Waals surface area contributed by atoms with Gasteiger partial charge in [-0.25, -0.2) is 0 Å². The lowest BCUT2D eigenvalue weighted by atomic mass is 9.95. The minimum absolute atomic E-state index is 0.984. The number of fused-ring (bicyclic) bond motifs is 1. The highest BCUT2D eigenvalue weighted by molar-refractivity contribution is 7.99. The molecule has 1 aliphatic rings. The van der Waals surface area contributed by atoms with Gasteiger partial charge in [-0.1, -0.05) is 24.1 Å². The van der Waals surface area contributed by atoms with Crippen molar-refractivity contribution < 1.29 is 0 Å². The van der Waals surface area contributed by atoms with Gasteiger partial charge in [-0.05, 0) is 50.1 Å². The first-order chi connectivity index (χ1) is 10.6. The van der Waals surface area contributed by atoms with Gasteiger partial charge >= 0.3 is 0 Å². The number of hydrogen-bond donors (Lipinski definition) is 1. The molecule has 1 N–H and O–H groups in total. The lowest BCUT2D eigenvalue weighted by Crippen LogP contribution is -2.26. The van der Waals surface area contributed by atoms with E-state index in [0.29, 0.717) is 0 Å². The van der Waals surface area contributed by atoms with Gasteiger partial charge in [0.05, 0.1) is 0 Å². The summed E-state index contributed by atoms with van der Waals surface area (Å²) in [7, 11) is 0. The first-order valence-corrected chi connectivity index (χ1v) is 9.64. The normalized spacial score (nSPS) is 13.8. The van der Waals surface area contributed by atoms with Gasteiger partial charge in [0.15, 0.2) is 0 Å². The van der Waals surface area contributed by atoms with Crippen LogP contribution in [0.15, 0.2) is 30.3 Å². The number of benzene rings is 1. The highest BCUT2D eigenvalue weighted by atomic mass is 32.2. The van der Waals surface area contributed by atoms with Gasteiger partial charge < -0.3 is 9.62 Å². The van der Waals surface area contributed by atoms with Crippen LogP contribution in [-0.2, 0) is 0 Å². The molecule has 1 aromatic carbocycles. The quantitative estimate of drug-likeness (QED) is 0.763. The Hall–Kier alpha value is -1.39. The second kappa shape index (κ2) is 6.39.